The van der Waals surface area contributed by atoms with Crippen LogP contribution < -0.4 is 10.6 Å². The Hall–Kier alpha value is -3.84. The Morgan fingerprint density at radius 3 is 2.50 bits per heavy atom. The first-order valence-corrected chi connectivity index (χ1v) is 8.75. The van der Waals surface area contributed by atoms with Crippen LogP contribution in [-0.2, 0) is 6.61 Å². The van der Waals surface area contributed by atoms with Gasteiger partial charge >= 0.3 is 0 Å². The molecule has 4 aromatic rings. The number of hydrogen-bond donors (Lipinski definition) is 3. The maximum absolute atomic E-state index is 9.29. The van der Waals surface area contributed by atoms with Gasteiger partial charge in [0.05, 0.1) is 12.2 Å². The fraction of sp³-hybridized carbons (Fsp3) is 0.0476. The molecule has 3 N–H and O–H groups in total. The number of pyridine rings is 1. The Kier molecular flexibility index (Phi) is 5.17. The molecule has 0 saturated heterocycles. The Morgan fingerprint density at radius 2 is 1.64 bits per heavy atom. The van der Waals surface area contributed by atoms with Crippen molar-refractivity contribution in [1.29, 1.82) is 0 Å². The summed E-state index contributed by atoms with van der Waals surface area (Å²) >= 11 is 0. The predicted octanol–water partition coefficient (Wildman–Crippen LogP) is 3.91. The SMILES string of the molecule is OCc1cccc(Nc2ncnc(-c3cccnc3Nc3ccccc3)n2)c1. The third kappa shape index (κ3) is 4.11. The highest BCUT2D eigenvalue weighted by Crippen LogP contribution is 2.26. The van der Waals surface area contributed by atoms with Crippen molar-refractivity contribution in [2.75, 3.05) is 10.6 Å². The van der Waals surface area contributed by atoms with Gasteiger partial charge in [0.2, 0.25) is 5.95 Å². The molecule has 2 aromatic heterocycles. The summed E-state index contributed by atoms with van der Waals surface area (Å²) in [5, 5.41) is 15.7. The molecule has 0 amide bonds. The second kappa shape index (κ2) is 8.24. The highest BCUT2D eigenvalue weighted by atomic mass is 16.3. The van der Waals surface area contributed by atoms with Gasteiger partial charge in [-0.15, -0.1) is 0 Å². The fourth-order valence-electron chi connectivity index (χ4n) is 2.71. The van der Waals surface area contributed by atoms with Gasteiger partial charge in [-0.1, -0.05) is 30.3 Å². The molecule has 7 nitrogen and oxygen atoms in total. The number of para-hydroxylation sites is 1. The van der Waals surface area contributed by atoms with Gasteiger partial charge in [-0.05, 0) is 42.0 Å². The Balaban J connectivity index is 1.63. The van der Waals surface area contributed by atoms with Crippen molar-refractivity contribution in [3.63, 3.8) is 0 Å². The van der Waals surface area contributed by atoms with Crippen molar-refractivity contribution >= 4 is 23.1 Å². The molecule has 2 heterocycles. The van der Waals surface area contributed by atoms with Crippen molar-refractivity contribution in [2.24, 2.45) is 0 Å². The molecule has 0 unspecified atom stereocenters. The largest absolute Gasteiger partial charge is 0.392 e. The number of hydrogen-bond acceptors (Lipinski definition) is 7. The van der Waals surface area contributed by atoms with Crippen LogP contribution in [-0.4, -0.2) is 25.0 Å². The van der Waals surface area contributed by atoms with Gasteiger partial charge < -0.3 is 15.7 Å². The molecule has 0 fully saturated rings. The molecule has 0 aliphatic rings. The lowest BCUT2D eigenvalue weighted by atomic mass is 10.2. The molecule has 0 bridgehead atoms. The van der Waals surface area contributed by atoms with E-state index in [0.29, 0.717) is 17.6 Å². The van der Waals surface area contributed by atoms with Crippen LogP contribution in [0, 0.1) is 0 Å². The van der Waals surface area contributed by atoms with Crippen LogP contribution in [0.1, 0.15) is 5.56 Å². The highest BCUT2D eigenvalue weighted by molar-refractivity contribution is 5.74. The summed E-state index contributed by atoms with van der Waals surface area (Å²) in [5.74, 6) is 1.57. The highest BCUT2D eigenvalue weighted by Gasteiger charge is 2.11. The van der Waals surface area contributed by atoms with E-state index in [0.717, 1.165) is 22.5 Å². The monoisotopic (exact) mass is 370 g/mol. The van der Waals surface area contributed by atoms with Crippen LogP contribution in [0.15, 0.2) is 79.3 Å². The number of benzene rings is 2. The van der Waals surface area contributed by atoms with E-state index in [1.165, 1.54) is 6.33 Å². The molecule has 0 atom stereocenters. The molecule has 7 heteroatoms. The number of aliphatic hydroxyl groups is 1. The lowest BCUT2D eigenvalue weighted by Gasteiger charge is -2.11. The van der Waals surface area contributed by atoms with Gasteiger partial charge in [-0.25, -0.2) is 15.0 Å². The van der Waals surface area contributed by atoms with Crippen LogP contribution in [0.2, 0.25) is 0 Å². The second-order valence-electron chi connectivity index (χ2n) is 6.01. The minimum Gasteiger partial charge on any atom is -0.392 e. The molecular formula is C21H18N6O. The third-order valence-corrected chi connectivity index (χ3v) is 4.02. The molecule has 0 aliphatic carbocycles. The smallest absolute Gasteiger partial charge is 0.230 e. The third-order valence-electron chi connectivity index (χ3n) is 4.02. The van der Waals surface area contributed by atoms with Crippen LogP contribution in [0.4, 0.5) is 23.1 Å². The molecule has 138 valence electrons. The Labute approximate surface area is 162 Å². The van der Waals surface area contributed by atoms with Crippen LogP contribution in [0.5, 0.6) is 0 Å². The van der Waals surface area contributed by atoms with E-state index < -0.39 is 0 Å². The van der Waals surface area contributed by atoms with Gasteiger partial charge in [-0.3, -0.25) is 0 Å². The number of nitrogens with one attached hydrogen (secondary N) is 2. The van der Waals surface area contributed by atoms with Crippen LogP contribution in [0.3, 0.4) is 0 Å². The van der Waals surface area contributed by atoms with E-state index in [1.807, 2.05) is 66.7 Å². The average Bonchev–Trinajstić information content (AvgIpc) is 2.75. The summed E-state index contributed by atoms with van der Waals surface area (Å²) in [6.45, 7) is -0.0256. The predicted molar refractivity (Wildman–Crippen MR) is 108 cm³/mol. The zero-order valence-corrected chi connectivity index (χ0v) is 14.9. The minimum absolute atomic E-state index is 0.0256. The summed E-state index contributed by atoms with van der Waals surface area (Å²) in [4.78, 5) is 17.4. The number of aliphatic hydroxyl groups excluding tert-OH is 1. The van der Waals surface area contributed by atoms with Crippen LogP contribution in [0.25, 0.3) is 11.4 Å². The van der Waals surface area contributed by atoms with Gasteiger partial charge in [-0.2, -0.15) is 4.98 Å². The zero-order chi connectivity index (χ0) is 19.2. The van der Waals surface area contributed by atoms with Gasteiger partial charge in [0, 0.05) is 17.6 Å². The van der Waals surface area contributed by atoms with Gasteiger partial charge in [0.15, 0.2) is 5.82 Å². The molecule has 2 aromatic carbocycles. The van der Waals surface area contributed by atoms with Crippen LogP contribution >= 0.6 is 0 Å². The molecule has 4 rings (SSSR count). The Morgan fingerprint density at radius 1 is 0.786 bits per heavy atom. The lowest BCUT2D eigenvalue weighted by molar-refractivity contribution is 0.282. The Bertz CT molecular complexity index is 1070. The zero-order valence-electron chi connectivity index (χ0n) is 14.9. The summed E-state index contributed by atoms with van der Waals surface area (Å²) in [6.07, 6.45) is 3.18. The summed E-state index contributed by atoms with van der Waals surface area (Å²) in [7, 11) is 0. The average molecular weight is 370 g/mol. The van der Waals surface area contributed by atoms with E-state index in [1.54, 1.807) is 6.20 Å². The van der Waals surface area contributed by atoms with E-state index in [2.05, 4.69) is 30.6 Å². The minimum atomic E-state index is -0.0256. The van der Waals surface area contributed by atoms with Crippen molar-refractivity contribution in [3.8, 4) is 11.4 Å². The number of nitrogens with zero attached hydrogens (tertiary/aromatic N) is 4. The van der Waals surface area contributed by atoms with E-state index in [9.17, 15) is 5.11 Å². The molecule has 0 aliphatic heterocycles. The quantitative estimate of drug-likeness (QED) is 0.473. The first-order valence-electron chi connectivity index (χ1n) is 8.75. The number of rotatable bonds is 6. The summed E-state index contributed by atoms with van der Waals surface area (Å²) in [5.41, 5.74) is 3.29. The molecule has 28 heavy (non-hydrogen) atoms. The normalized spacial score (nSPS) is 10.5. The van der Waals surface area contributed by atoms with Crippen molar-refractivity contribution in [1.82, 2.24) is 19.9 Å². The van der Waals surface area contributed by atoms with Gasteiger partial charge in [0.1, 0.15) is 12.1 Å². The van der Waals surface area contributed by atoms with E-state index in [-0.39, 0.29) is 6.61 Å². The second-order valence-corrected chi connectivity index (χ2v) is 6.01. The summed E-state index contributed by atoms with van der Waals surface area (Å²) in [6, 6.07) is 21.0. The van der Waals surface area contributed by atoms with Gasteiger partial charge in [0.25, 0.3) is 0 Å². The maximum Gasteiger partial charge on any atom is 0.230 e. The first-order chi connectivity index (χ1) is 13.8. The summed E-state index contributed by atoms with van der Waals surface area (Å²) < 4.78 is 0. The molecule has 0 saturated carbocycles. The standard InChI is InChI=1S/C21H18N6O/c28-13-15-6-4-9-17(12-15)26-21-24-14-23-20(27-21)18-10-5-11-22-19(18)25-16-7-2-1-3-8-16/h1-12,14,28H,13H2,(H,22,25)(H,23,24,26,27). The lowest BCUT2D eigenvalue weighted by Crippen LogP contribution is -2.02. The first kappa shape index (κ1) is 17.6. The van der Waals surface area contributed by atoms with E-state index >= 15 is 0 Å². The van der Waals surface area contributed by atoms with Crippen molar-refractivity contribution < 1.29 is 5.11 Å². The maximum atomic E-state index is 9.29. The van der Waals surface area contributed by atoms with Crippen molar-refractivity contribution in [2.45, 2.75) is 6.61 Å². The number of anilines is 4. The molecular weight excluding hydrogens is 352 g/mol. The molecule has 0 spiro atoms. The fourth-order valence-corrected chi connectivity index (χ4v) is 2.71. The van der Waals surface area contributed by atoms with E-state index in [4.69, 9.17) is 0 Å². The van der Waals surface area contributed by atoms with Crippen molar-refractivity contribution in [3.05, 3.63) is 84.8 Å². The topological polar surface area (TPSA) is 95.9 Å². The number of aromatic nitrogens is 4. The molecule has 0 radical (unpaired) electrons.